The number of ether oxygens (including phenoxy) is 1. The second-order valence-corrected chi connectivity index (χ2v) is 3.18. The predicted molar refractivity (Wildman–Crippen MR) is 43.9 cm³/mol. The van der Waals surface area contributed by atoms with E-state index in [-0.39, 0.29) is 12.7 Å². The van der Waals surface area contributed by atoms with Gasteiger partial charge in [0.25, 0.3) is 0 Å². The summed E-state index contributed by atoms with van der Waals surface area (Å²) in [5, 5.41) is 8.65. The van der Waals surface area contributed by atoms with Gasteiger partial charge in [-0.05, 0) is 12.8 Å². The number of aliphatic hydroxyl groups is 1. The molecule has 0 radical (unpaired) electrons. The summed E-state index contributed by atoms with van der Waals surface area (Å²) < 4.78 is 6.45. The van der Waals surface area contributed by atoms with Crippen LogP contribution in [0.15, 0.2) is 0 Å². The van der Waals surface area contributed by atoms with Gasteiger partial charge in [0, 0.05) is 4.43 Å². The fourth-order valence-electron chi connectivity index (χ4n) is 1.03. The largest absolute Gasteiger partial charge is 0.394 e. The Morgan fingerprint density at radius 2 is 2.11 bits per heavy atom. The predicted octanol–water partition coefficient (Wildman–Crippen LogP) is 0.961. The average molecular weight is 242 g/mol. The highest BCUT2D eigenvalue weighted by atomic mass is 127. The van der Waals surface area contributed by atoms with Crippen LogP contribution in [0.1, 0.15) is 12.8 Å². The van der Waals surface area contributed by atoms with Gasteiger partial charge in [0.2, 0.25) is 0 Å². The van der Waals surface area contributed by atoms with Crippen molar-refractivity contribution in [3.05, 3.63) is 0 Å². The van der Waals surface area contributed by atoms with Crippen LogP contribution < -0.4 is 0 Å². The summed E-state index contributed by atoms with van der Waals surface area (Å²) in [4.78, 5) is 0. The molecule has 0 saturated carbocycles. The van der Waals surface area contributed by atoms with Gasteiger partial charge in [0.05, 0.1) is 18.8 Å². The smallest absolute Gasteiger partial charge is 0.0810 e. The van der Waals surface area contributed by atoms with Gasteiger partial charge in [-0.1, -0.05) is 22.6 Å². The van der Waals surface area contributed by atoms with E-state index >= 15 is 0 Å². The fourth-order valence-corrected chi connectivity index (χ4v) is 1.68. The maximum absolute atomic E-state index is 8.65. The van der Waals surface area contributed by atoms with Gasteiger partial charge in [0.15, 0.2) is 0 Å². The average Bonchev–Trinajstić information content (AvgIpc) is 2.34. The molecule has 1 aliphatic rings. The maximum atomic E-state index is 8.65. The Morgan fingerprint density at radius 3 is 2.44 bits per heavy atom. The molecule has 0 aliphatic carbocycles. The zero-order valence-electron chi connectivity index (χ0n) is 5.22. The third-order valence-electron chi connectivity index (χ3n) is 1.57. The minimum absolute atomic E-state index is 0.129. The first kappa shape index (κ1) is 7.75. The third-order valence-corrected chi connectivity index (χ3v) is 2.55. The number of alkyl halides is 1. The molecule has 0 unspecified atom stereocenters. The topological polar surface area (TPSA) is 29.5 Å². The monoisotopic (exact) mass is 242 g/mol. The number of rotatable bonds is 2. The van der Waals surface area contributed by atoms with Crippen molar-refractivity contribution in [2.75, 3.05) is 11.0 Å². The lowest BCUT2D eigenvalue weighted by molar-refractivity contribution is 0.0229. The molecular weight excluding hydrogens is 231 g/mol. The van der Waals surface area contributed by atoms with Gasteiger partial charge in [0.1, 0.15) is 0 Å². The fraction of sp³-hybridized carbons (Fsp3) is 1.00. The van der Waals surface area contributed by atoms with Crippen LogP contribution in [-0.2, 0) is 4.74 Å². The molecule has 0 spiro atoms. The summed E-state index contributed by atoms with van der Waals surface area (Å²) in [7, 11) is 0. The van der Waals surface area contributed by atoms with E-state index in [0.29, 0.717) is 6.10 Å². The molecule has 1 saturated heterocycles. The molecule has 0 bridgehead atoms. The van der Waals surface area contributed by atoms with E-state index in [1.165, 1.54) is 0 Å². The zero-order valence-corrected chi connectivity index (χ0v) is 7.37. The number of hydrogen-bond acceptors (Lipinski definition) is 2. The Bertz CT molecular complexity index is 77.1. The first-order valence-corrected chi connectivity index (χ1v) is 4.71. The first-order valence-electron chi connectivity index (χ1n) is 3.19. The molecule has 9 heavy (non-hydrogen) atoms. The third kappa shape index (κ3) is 2.05. The number of halogens is 1. The van der Waals surface area contributed by atoms with Crippen LogP contribution in [0.4, 0.5) is 0 Å². The summed E-state index contributed by atoms with van der Waals surface area (Å²) in [5.41, 5.74) is 0. The molecule has 2 nitrogen and oxygen atoms in total. The van der Waals surface area contributed by atoms with Crippen molar-refractivity contribution < 1.29 is 9.84 Å². The summed E-state index contributed by atoms with van der Waals surface area (Å²) in [6.07, 6.45) is 2.69. The lowest BCUT2D eigenvalue weighted by Crippen LogP contribution is -2.14. The van der Waals surface area contributed by atoms with Crippen LogP contribution in [0.25, 0.3) is 0 Å². The second kappa shape index (κ2) is 3.73. The highest BCUT2D eigenvalue weighted by molar-refractivity contribution is 14.1. The molecule has 3 heteroatoms. The van der Waals surface area contributed by atoms with E-state index in [9.17, 15) is 0 Å². The minimum atomic E-state index is 0.129. The SMILES string of the molecule is OC[C@@H]1CC[C@@H](CI)O1. The van der Waals surface area contributed by atoms with Crippen molar-refractivity contribution >= 4 is 22.6 Å². The molecule has 0 aromatic heterocycles. The van der Waals surface area contributed by atoms with E-state index in [1.54, 1.807) is 0 Å². The summed E-state index contributed by atoms with van der Waals surface area (Å²) in [6.45, 7) is 0.188. The van der Waals surface area contributed by atoms with Gasteiger partial charge in [-0.3, -0.25) is 0 Å². The van der Waals surface area contributed by atoms with E-state index in [1.807, 2.05) is 0 Å². The van der Waals surface area contributed by atoms with Crippen LogP contribution in [-0.4, -0.2) is 28.3 Å². The Morgan fingerprint density at radius 1 is 1.44 bits per heavy atom. The van der Waals surface area contributed by atoms with Gasteiger partial charge in [-0.2, -0.15) is 0 Å². The van der Waals surface area contributed by atoms with Gasteiger partial charge in [-0.25, -0.2) is 0 Å². The Balaban J connectivity index is 2.20. The molecule has 1 fully saturated rings. The van der Waals surface area contributed by atoms with Crippen molar-refractivity contribution in [1.29, 1.82) is 0 Å². The lowest BCUT2D eigenvalue weighted by atomic mass is 10.2. The van der Waals surface area contributed by atoms with Gasteiger partial charge in [-0.15, -0.1) is 0 Å². The van der Waals surface area contributed by atoms with Crippen LogP contribution in [0.5, 0.6) is 0 Å². The minimum Gasteiger partial charge on any atom is -0.394 e. The molecule has 1 heterocycles. The first-order chi connectivity index (χ1) is 4.36. The quantitative estimate of drug-likeness (QED) is 0.577. The van der Waals surface area contributed by atoms with Crippen molar-refractivity contribution in [2.24, 2.45) is 0 Å². The van der Waals surface area contributed by atoms with Crippen molar-refractivity contribution in [2.45, 2.75) is 25.0 Å². The molecule has 0 amide bonds. The molecule has 1 rings (SSSR count). The molecule has 1 aliphatic heterocycles. The van der Waals surface area contributed by atoms with Gasteiger partial charge < -0.3 is 9.84 Å². The standard InChI is InChI=1S/C6H11IO2/c7-3-5-1-2-6(4-8)9-5/h5-6,8H,1-4H2/t5-,6-/m0/s1. The number of aliphatic hydroxyl groups excluding tert-OH is 1. The van der Waals surface area contributed by atoms with Crippen LogP contribution >= 0.6 is 22.6 Å². The Labute approximate surface area is 68.7 Å². The highest BCUT2D eigenvalue weighted by Gasteiger charge is 2.22. The molecular formula is C6H11IO2. The van der Waals surface area contributed by atoms with Crippen molar-refractivity contribution in [3.8, 4) is 0 Å². The van der Waals surface area contributed by atoms with Crippen LogP contribution in [0, 0.1) is 0 Å². The number of hydrogen-bond donors (Lipinski definition) is 1. The maximum Gasteiger partial charge on any atom is 0.0810 e. The van der Waals surface area contributed by atoms with Crippen molar-refractivity contribution in [1.82, 2.24) is 0 Å². The van der Waals surface area contributed by atoms with E-state index in [4.69, 9.17) is 9.84 Å². The highest BCUT2D eigenvalue weighted by Crippen LogP contribution is 2.20. The molecule has 2 atom stereocenters. The summed E-state index contributed by atoms with van der Waals surface area (Å²) in [5.74, 6) is 0. The molecule has 0 aromatic carbocycles. The second-order valence-electron chi connectivity index (χ2n) is 2.29. The van der Waals surface area contributed by atoms with E-state index < -0.39 is 0 Å². The van der Waals surface area contributed by atoms with Crippen LogP contribution in [0.3, 0.4) is 0 Å². The Hall–Kier alpha value is 0.650. The molecule has 0 aromatic rings. The molecule has 54 valence electrons. The zero-order chi connectivity index (χ0) is 6.69. The lowest BCUT2D eigenvalue weighted by Gasteiger charge is -2.07. The van der Waals surface area contributed by atoms with Crippen LogP contribution in [0.2, 0.25) is 0 Å². The van der Waals surface area contributed by atoms with E-state index in [0.717, 1.165) is 17.3 Å². The summed E-state index contributed by atoms with van der Waals surface area (Å²) >= 11 is 2.31. The van der Waals surface area contributed by atoms with E-state index in [2.05, 4.69) is 22.6 Å². The molecule has 1 N–H and O–H groups in total. The normalized spacial score (nSPS) is 35.3. The summed E-state index contributed by atoms with van der Waals surface area (Å²) in [6, 6.07) is 0. The Kier molecular flexibility index (Phi) is 3.21. The van der Waals surface area contributed by atoms with Crippen molar-refractivity contribution in [3.63, 3.8) is 0 Å². The van der Waals surface area contributed by atoms with Gasteiger partial charge >= 0.3 is 0 Å².